The number of nitrogens with zero attached hydrogens (tertiary/aromatic N) is 2. The molecule has 1 aromatic carbocycles. The zero-order valence-corrected chi connectivity index (χ0v) is 13.0. The van der Waals surface area contributed by atoms with E-state index in [0.717, 1.165) is 35.2 Å². The Kier molecular flexibility index (Phi) is 3.83. The van der Waals surface area contributed by atoms with Gasteiger partial charge in [-0.1, -0.05) is 0 Å². The highest BCUT2D eigenvalue weighted by Crippen LogP contribution is 2.35. The summed E-state index contributed by atoms with van der Waals surface area (Å²) in [5.74, 6) is -0.386. The van der Waals surface area contributed by atoms with Gasteiger partial charge in [0, 0.05) is 41.6 Å². The lowest BCUT2D eigenvalue weighted by Crippen LogP contribution is -2.45. The summed E-state index contributed by atoms with van der Waals surface area (Å²) in [6.07, 6.45) is 1.67. The molecule has 1 spiro atoms. The van der Waals surface area contributed by atoms with Crippen molar-refractivity contribution in [3.8, 4) is 0 Å². The third-order valence-electron chi connectivity index (χ3n) is 3.82. The summed E-state index contributed by atoms with van der Waals surface area (Å²) in [5.41, 5.74) is 1.18. The average molecular weight is 390 g/mol. The molecule has 2 fully saturated rings. The van der Waals surface area contributed by atoms with E-state index in [1.807, 2.05) is 6.07 Å². The SMILES string of the molecule is O=[N+]([O-])c1ccc(N2CCC3(CC2)OCCO3)c(I)c1. The summed E-state index contributed by atoms with van der Waals surface area (Å²) in [5, 5.41) is 10.8. The quantitative estimate of drug-likeness (QED) is 0.441. The second kappa shape index (κ2) is 5.45. The Balaban J connectivity index is 1.73. The van der Waals surface area contributed by atoms with Crippen LogP contribution in [0.25, 0.3) is 0 Å². The molecule has 7 heteroatoms. The van der Waals surface area contributed by atoms with Crippen LogP contribution in [-0.4, -0.2) is 37.0 Å². The highest BCUT2D eigenvalue weighted by molar-refractivity contribution is 14.1. The maximum absolute atomic E-state index is 10.8. The number of hydrogen-bond donors (Lipinski definition) is 0. The number of piperidine rings is 1. The molecular weight excluding hydrogens is 375 g/mol. The van der Waals surface area contributed by atoms with Crippen molar-refractivity contribution in [2.45, 2.75) is 18.6 Å². The summed E-state index contributed by atoms with van der Waals surface area (Å²) in [7, 11) is 0. The van der Waals surface area contributed by atoms with E-state index < -0.39 is 0 Å². The molecule has 0 amide bonds. The number of anilines is 1. The van der Waals surface area contributed by atoms with Crippen molar-refractivity contribution < 1.29 is 14.4 Å². The van der Waals surface area contributed by atoms with Gasteiger partial charge in [0.25, 0.3) is 5.69 Å². The second-order valence-corrected chi connectivity index (χ2v) is 6.15. The van der Waals surface area contributed by atoms with Crippen LogP contribution in [0, 0.1) is 13.7 Å². The van der Waals surface area contributed by atoms with E-state index in [1.165, 1.54) is 0 Å². The summed E-state index contributed by atoms with van der Waals surface area (Å²) < 4.78 is 12.3. The molecule has 1 aromatic rings. The average Bonchev–Trinajstić information content (AvgIpc) is 2.88. The fraction of sp³-hybridized carbons (Fsp3) is 0.538. The Labute approximate surface area is 130 Å². The van der Waals surface area contributed by atoms with Gasteiger partial charge in [0.15, 0.2) is 5.79 Å². The van der Waals surface area contributed by atoms with Gasteiger partial charge >= 0.3 is 0 Å². The number of nitro groups is 1. The van der Waals surface area contributed by atoms with Crippen LogP contribution in [0.2, 0.25) is 0 Å². The van der Waals surface area contributed by atoms with Crippen LogP contribution in [0.15, 0.2) is 18.2 Å². The van der Waals surface area contributed by atoms with Crippen molar-refractivity contribution in [1.82, 2.24) is 0 Å². The van der Waals surface area contributed by atoms with Crippen LogP contribution < -0.4 is 4.90 Å². The van der Waals surface area contributed by atoms with E-state index in [-0.39, 0.29) is 16.4 Å². The van der Waals surface area contributed by atoms with Crippen molar-refractivity contribution in [2.24, 2.45) is 0 Å². The lowest BCUT2D eigenvalue weighted by Gasteiger charge is -2.39. The van der Waals surface area contributed by atoms with Gasteiger partial charge in [0.2, 0.25) is 0 Å². The van der Waals surface area contributed by atoms with Gasteiger partial charge in [-0.15, -0.1) is 0 Å². The van der Waals surface area contributed by atoms with E-state index in [9.17, 15) is 10.1 Å². The van der Waals surface area contributed by atoms with Crippen molar-refractivity contribution in [2.75, 3.05) is 31.2 Å². The van der Waals surface area contributed by atoms with E-state index in [2.05, 4.69) is 27.5 Å². The number of benzene rings is 1. The maximum Gasteiger partial charge on any atom is 0.270 e. The monoisotopic (exact) mass is 390 g/mol. The van der Waals surface area contributed by atoms with Gasteiger partial charge in [0.05, 0.1) is 23.8 Å². The molecule has 20 heavy (non-hydrogen) atoms. The molecule has 2 aliphatic rings. The Morgan fingerprint density at radius 1 is 1.25 bits per heavy atom. The molecule has 2 aliphatic heterocycles. The molecule has 6 nitrogen and oxygen atoms in total. The van der Waals surface area contributed by atoms with Crippen LogP contribution in [0.3, 0.4) is 0 Å². The number of rotatable bonds is 2. The van der Waals surface area contributed by atoms with Crippen LogP contribution in [0.5, 0.6) is 0 Å². The first-order chi connectivity index (χ1) is 9.60. The second-order valence-electron chi connectivity index (χ2n) is 4.99. The topological polar surface area (TPSA) is 64.8 Å². The highest BCUT2D eigenvalue weighted by atomic mass is 127. The van der Waals surface area contributed by atoms with Gasteiger partial charge in [-0.2, -0.15) is 0 Å². The van der Waals surface area contributed by atoms with Crippen molar-refractivity contribution in [3.63, 3.8) is 0 Å². The minimum atomic E-state index is -0.386. The third kappa shape index (κ3) is 2.61. The maximum atomic E-state index is 10.8. The summed E-state index contributed by atoms with van der Waals surface area (Å²) >= 11 is 2.15. The lowest BCUT2D eigenvalue weighted by molar-refractivity contribution is -0.384. The van der Waals surface area contributed by atoms with Crippen LogP contribution in [0.4, 0.5) is 11.4 Å². The molecular formula is C13H15IN2O4. The van der Waals surface area contributed by atoms with Gasteiger partial charge in [-0.25, -0.2) is 0 Å². The van der Waals surface area contributed by atoms with Gasteiger partial charge in [0.1, 0.15) is 0 Å². The van der Waals surface area contributed by atoms with Gasteiger partial charge in [-0.05, 0) is 28.7 Å². The Hall–Kier alpha value is -0.930. The van der Waals surface area contributed by atoms with Crippen molar-refractivity contribution >= 4 is 34.0 Å². The molecule has 0 aromatic heterocycles. The molecule has 0 radical (unpaired) electrons. The van der Waals surface area contributed by atoms with E-state index in [0.29, 0.717) is 13.2 Å². The molecule has 0 bridgehead atoms. The first-order valence-corrected chi connectivity index (χ1v) is 7.64. The Morgan fingerprint density at radius 2 is 1.90 bits per heavy atom. The molecule has 108 valence electrons. The molecule has 0 N–H and O–H groups in total. The molecule has 3 rings (SSSR count). The third-order valence-corrected chi connectivity index (χ3v) is 4.69. The van der Waals surface area contributed by atoms with Crippen molar-refractivity contribution in [3.05, 3.63) is 31.9 Å². The zero-order valence-electron chi connectivity index (χ0n) is 10.9. The minimum Gasteiger partial charge on any atom is -0.370 e. The molecule has 0 unspecified atom stereocenters. The number of ether oxygens (including phenoxy) is 2. The van der Waals surface area contributed by atoms with Crippen LogP contribution in [0.1, 0.15) is 12.8 Å². The van der Waals surface area contributed by atoms with E-state index in [4.69, 9.17) is 9.47 Å². The minimum absolute atomic E-state index is 0.133. The van der Waals surface area contributed by atoms with Crippen LogP contribution in [-0.2, 0) is 9.47 Å². The smallest absolute Gasteiger partial charge is 0.270 e. The number of non-ortho nitro benzene ring substituents is 1. The standard InChI is InChI=1S/C13H15IN2O4/c14-11-9-10(16(17)18)1-2-12(11)15-5-3-13(4-6-15)19-7-8-20-13/h1-2,9H,3-8H2. The highest BCUT2D eigenvalue weighted by Gasteiger charge is 2.40. The van der Waals surface area contributed by atoms with Gasteiger partial charge < -0.3 is 14.4 Å². The largest absolute Gasteiger partial charge is 0.370 e. The van der Waals surface area contributed by atoms with E-state index >= 15 is 0 Å². The predicted octanol–water partition coefficient (Wildman–Crippen LogP) is 2.54. The Morgan fingerprint density at radius 3 is 2.45 bits per heavy atom. The number of hydrogen-bond acceptors (Lipinski definition) is 5. The normalized spacial score (nSPS) is 21.4. The fourth-order valence-corrected chi connectivity index (χ4v) is 3.58. The van der Waals surface area contributed by atoms with E-state index in [1.54, 1.807) is 12.1 Å². The number of nitro benzene ring substituents is 1. The number of halogens is 1. The first-order valence-electron chi connectivity index (χ1n) is 6.56. The van der Waals surface area contributed by atoms with Crippen molar-refractivity contribution in [1.29, 1.82) is 0 Å². The zero-order chi connectivity index (χ0) is 14.2. The summed E-state index contributed by atoms with van der Waals surface area (Å²) in [4.78, 5) is 12.6. The molecule has 2 heterocycles. The first kappa shape index (κ1) is 14.0. The molecule has 0 saturated carbocycles. The molecule has 0 aliphatic carbocycles. The molecule has 0 atom stereocenters. The van der Waals surface area contributed by atoms with Gasteiger partial charge in [-0.3, -0.25) is 10.1 Å². The summed E-state index contributed by atoms with van der Waals surface area (Å²) in [6.45, 7) is 3.03. The summed E-state index contributed by atoms with van der Waals surface area (Å²) in [6, 6.07) is 5.00. The van der Waals surface area contributed by atoms with Crippen LogP contribution >= 0.6 is 22.6 Å². The lowest BCUT2D eigenvalue weighted by atomic mass is 10.0. The molecule has 2 saturated heterocycles. The Bertz CT molecular complexity index is 521. The predicted molar refractivity (Wildman–Crippen MR) is 81.9 cm³/mol. The fourth-order valence-electron chi connectivity index (χ4n) is 2.74.